The van der Waals surface area contributed by atoms with E-state index in [9.17, 15) is 4.39 Å². The molecule has 0 aromatic heterocycles. The number of nitrogens with zero attached hydrogens (tertiary/aromatic N) is 3. The highest BCUT2D eigenvalue weighted by Gasteiger charge is 2.45. The molecule has 1 aromatic rings. The molecular formula is C22H36FN5. The Kier molecular flexibility index (Phi) is 7.30. The summed E-state index contributed by atoms with van der Waals surface area (Å²) in [4.78, 5) is 9.74. The van der Waals surface area contributed by atoms with Crippen molar-refractivity contribution >= 4 is 5.96 Å². The predicted molar refractivity (Wildman–Crippen MR) is 114 cm³/mol. The molecule has 2 aliphatic rings. The standard InChI is InChI=1S/C22H36FN5/c1-4-24-21(25-15-18(2)16-28-13-11-27(3)12-14-28)26-17-22(9-10-22)19-7-5-6-8-20(19)23/h5-8,18H,4,9-17H2,1-3H3,(H2,24,25,26). The van der Waals surface area contributed by atoms with Crippen molar-refractivity contribution in [2.24, 2.45) is 10.9 Å². The summed E-state index contributed by atoms with van der Waals surface area (Å²) in [7, 11) is 2.19. The van der Waals surface area contributed by atoms with Crippen LogP contribution in [0.3, 0.4) is 0 Å². The topological polar surface area (TPSA) is 42.9 Å². The minimum atomic E-state index is -0.112. The molecule has 6 heteroatoms. The SMILES string of the molecule is CCNC(=NCC1(c2ccccc2F)CC1)NCC(C)CN1CCN(C)CC1. The highest BCUT2D eigenvalue weighted by atomic mass is 19.1. The molecule has 156 valence electrons. The number of hydrogen-bond acceptors (Lipinski definition) is 3. The van der Waals surface area contributed by atoms with Gasteiger partial charge in [0.25, 0.3) is 0 Å². The van der Waals surface area contributed by atoms with Gasteiger partial charge in [-0.2, -0.15) is 0 Å². The van der Waals surface area contributed by atoms with Crippen LogP contribution in [0.4, 0.5) is 4.39 Å². The van der Waals surface area contributed by atoms with E-state index in [0.717, 1.165) is 70.2 Å². The van der Waals surface area contributed by atoms with Crippen LogP contribution in [-0.2, 0) is 5.41 Å². The molecule has 28 heavy (non-hydrogen) atoms. The van der Waals surface area contributed by atoms with E-state index in [1.54, 1.807) is 12.1 Å². The molecule has 2 fully saturated rings. The first-order valence-corrected chi connectivity index (χ1v) is 10.7. The average Bonchev–Trinajstić information content (AvgIpc) is 3.47. The summed E-state index contributed by atoms with van der Waals surface area (Å²) in [6.07, 6.45) is 2.02. The Morgan fingerprint density at radius 1 is 1.18 bits per heavy atom. The molecule has 0 amide bonds. The van der Waals surface area contributed by atoms with E-state index in [1.165, 1.54) is 0 Å². The molecule has 2 N–H and O–H groups in total. The zero-order valence-corrected chi connectivity index (χ0v) is 17.7. The van der Waals surface area contributed by atoms with Crippen molar-refractivity contribution in [3.8, 4) is 0 Å². The number of likely N-dealkylation sites (N-methyl/N-ethyl adjacent to an activating group) is 1. The van der Waals surface area contributed by atoms with Gasteiger partial charge in [-0.25, -0.2) is 4.39 Å². The quantitative estimate of drug-likeness (QED) is 0.529. The second kappa shape index (κ2) is 9.70. The van der Waals surface area contributed by atoms with E-state index in [4.69, 9.17) is 4.99 Å². The van der Waals surface area contributed by atoms with Crippen LogP contribution in [0.5, 0.6) is 0 Å². The number of benzene rings is 1. The van der Waals surface area contributed by atoms with Crippen molar-refractivity contribution in [2.45, 2.75) is 32.1 Å². The Hall–Kier alpha value is -1.66. The van der Waals surface area contributed by atoms with Crippen molar-refractivity contribution in [2.75, 3.05) is 59.4 Å². The summed E-state index contributed by atoms with van der Waals surface area (Å²) < 4.78 is 14.2. The third-order valence-electron chi connectivity index (χ3n) is 5.97. The predicted octanol–water partition coefficient (Wildman–Crippen LogP) is 2.30. The first-order valence-electron chi connectivity index (χ1n) is 10.7. The van der Waals surface area contributed by atoms with E-state index in [0.29, 0.717) is 12.5 Å². The fraction of sp³-hybridized carbons (Fsp3) is 0.682. The molecule has 3 rings (SSSR count). The van der Waals surface area contributed by atoms with Crippen molar-refractivity contribution in [3.63, 3.8) is 0 Å². The molecule has 0 radical (unpaired) electrons. The zero-order valence-electron chi connectivity index (χ0n) is 17.7. The van der Waals surface area contributed by atoms with Gasteiger partial charge in [0.2, 0.25) is 0 Å². The lowest BCUT2D eigenvalue weighted by atomic mass is 9.95. The molecule has 1 saturated carbocycles. The lowest BCUT2D eigenvalue weighted by Gasteiger charge is -2.34. The van der Waals surface area contributed by atoms with E-state index >= 15 is 0 Å². The summed E-state index contributed by atoms with van der Waals surface area (Å²) in [5.74, 6) is 1.29. The number of hydrogen-bond donors (Lipinski definition) is 2. The van der Waals surface area contributed by atoms with Gasteiger partial charge in [-0.15, -0.1) is 0 Å². The first-order chi connectivity index (χ1) is 13.5. The fourth-order valence-electron chi connectivity index (χ4n) is 3.93. The maximum atomic E-state index is 14.2. The van der Waals surface area contributed by atoms with Crippen LogP contribution in [0.15, 0.2) is 29.3 Å². The number of aliphatic imine (C=N–C) groups is 1. The average molecular weight is 390 g/mol. The van der Waals surface area contributed by atoms with E-state index in [2.05, 4.69) is 41.3 Å². The van der Waals surface area contributed by atoms with Crippen LogP contribution < -0.4 is 10.6 Å². The van der Waals surface area contributed by atoms with Crippen LogP contribution >= 0.6 is 0 Å². The second-order valence-corrected chi connectivity index (χ2v) is 8.55. The summed E-state index contributed by atoms with van der Waals surface area (Å²) in [5.41, 5.74) is 0.706. The van der Waals surface area contributed by atoms with Gasteiger partial charge in [0.15, 0.2) is 5.96 Å². The third-order valence-corrected chi connectivity index (χ3v) is 5.97. The lowest BCUT2D eigenvalue weighted by molar-refractivity contribution is 0.139. The Labute approximate surface area is 169 Å². The Morgan fingerprint density at radius 3 is 2.54 bits per heavy atom. The fourth-order valence-corrected chi connectivity index (χ4v) is 3.93. The number of piperazine rings is 1. The minimum absolute atomic E-state index is 0.103. The monoisotopic (exact) mass is 389 g/mol. The van der Waals surface area contributed by atoms with Crippen LogP contribution in [0.2, 0.25) is 0 Å². The molecule has 1 unspecified atom stereocenters. The first kappa shape index (κ1) is 21.1. The maximum absolute atomic E-state index is 14.2. The minimum Gasteiger partial charge on any atom is -0.357 e. The summed E-state index contributed by atoms with van der Waals surface area (Å²) in [6.45, 7) is 12.4. The van der Waals surface area contributed by atoms with E-state index in [1.807, 2.05) is 12.1 Å². The number of guanidine groups is 1. The number of nitrogens with one attached hydrogen (secondary N) is 2. The van der Waals surface area contributed by atoms with Gasteiger partial charge < -0.3 is 20.4 Å². The highest BCUT2D eigenvalue weighted by Crippen LogP contribution is 2.49. The Morgan fingerprint density at radius 2 is 1.89 bits per heavy atom. The van der Waals surface area contributed by atoms with Gasteiger partial charge >= 0.3 is 0 Å². The van der Waals surface area contributed by atoms with Crippen molar-refractivity contribution in [3.05, 3.63) is 35.6 Å². The van der Waals surface area contributed by atoms with Crippen LogP contribution in [0.1, 0.15) is 32.3 Å². The molecule has 1 aliphatic carbocycles. The van der Waals surface area contributed by atoms with Crippen LogP contribution in [0, 0.1) is 11.7 Å². The van der Waals surface area contributed by atoms with Gasteiger partial charge in [-0.3, -0.25) is 4.99 Å². The third kappa shape index (κ3) is 5.67. The van der Waals surface area contributed by atoms with Crippen LogP contribution in [-0.4, -0.2) is 75.2 Å². The molecular weight excluding hydrogens is 353 g/mol. The Balaban J connectivity index is 1.51. The summed E-state index contributed by atoms with van der Waals surface area (Å²) in [5, 5.41) is 6.83. The van der Waals surface area contributed by atoms with Gasteiger partial charge in [-0.05, 0) is 44.4 Å². The second-order valence-electron chi connectivity index (χ2n) is 8.55. The molecule has 1 atom stereocenters. The lowest BCUT2D eigenvalue weighted by Crippen LogP contribution is -2.47. The van der Waals surface area contributed by atoms with Gasteiger partial charge in [0, 0.05) is 51.2 Å². The molecule has 1 heterocycles. The van der Waals surface area contributed by atoms with Gasteiger partial charge in [0.1, 0.15) is 5.82 Å². The van der Waals surface area contributed by atoms with Crippen molar-refractivity contribution in [1.29, 1.82) is 0 Å². The van der Waals surface area contributed by atoms with Crippen molar-refractivity contribution < 1.29 is 4.39 Å². The number of halogens is 1. The normalized spacial score (nSPS) is 21.4. The molecule has 0 bridgehead atoms. The van der Waals surface area contributed by atoms with E-state index < -0.39 is 0 Å². The van der Waals surface area contributed by atoms with Gasteiger partial charge in [0.05, 0.1) is 6.54 Å². The summed E-state index contributed by atoms with van der Waals surface area (Å²) in [6, 6.07) is 7.15. The van der Waals surface area contributed by atoms with Gasteiger partial charge in [-0.1, -0.05) is 25.1 Å². The largest absolute Gasteiger partial charge is 0.357 e. The molecule has 1 aliphatic heterocycles. The maximum Gasteiger partial charge on any atom is 0.191 e. The zero-order chi connectivity index (χ0) is 20.0. The van der Waals surface area contributed by atoms with E-state index in [-0.39, 0.29) is 11.2 Å². The Bertz CT molecular complexity index is 650. The smallest absolute Gasteiger partial charge is 0.191 e. The molecule has 5 nitrogen and oxygen atoms in total. The summed E-state index contributed by atoms with van der Waals surface area (Å²) >= 11 is 0. The molecule has 1 saturated heterocycles. The van der Waals surface area contributed by atoms with Crippen LogP contribution in [0.25, 0.3) is 0 Å². The highest BCUT2D eigenvalue weighted by molar-refractivity contribution is 5.79. The number of rotatable bonds is 8. The van der Waals surface area contributed by atoms with Crippen molar-refractivity contribution in [1.82, 2.24) is 20.4 Å². The molecule has 1 aromatic carbocycles. The molecule has 0 spiro atoms.